The number of anilines is 7. The van der Waals surface area contributed by atoms with Crippen LogP contribution in [0.2, 0.25) is 0 Å². The van der Waals surface area contributed by atoms with E-state index in [-0.39, 0.29) is 73.6 Å². The molecule has 12 rings (SSSR count). The molecule has 0 fully saturated rings. The van der Waals surface area contributed by atoms with Gasteiger partial charge in [-0.15, -0.1) is 0 Å². The number of aliphatic hydroxyl groups excluding tert-OH is 1. The Kier molecular flexibility index (Phi) is 22.5. The first-order valence-electron chi connectivity index (χ1n) is 33.1. The molecular formula is C74H76F9N9O10. The maximum absolute atomic E-state index is 13.1. The Morgan fingerprint density at radius 1 is 0.578 bits per heavy atom. The molecule has 102 heavy (non-hydrogen) atoms. The SMILES string of the molecule is CC(C)N1Cc2ccc(NC(=O)/C=C3\CCCOc4cc(C(F)(F)F)ccc43)cc2NC1=O.CCN(CC)C1Cc2ccc(NC(=O)/C=C3\CCCOc4cc(C(F)(F)F)ccc43)cc2NC1=O.CN1c2ccc(NC(=O)/C=C3\CCCOc4cc(C(F)(F)F)ccc43)cc2NC(=O)C1(C)CO. The summed E-state index contributed by atoms with van der Waals surface area (Å²) in [6.45, 7) is 12.0. The number of amides is 7. The molecule has 7 N–H and O–H groups in total. The Morgan fingerprint density at radius 3 is 1.38 bits per heavy atom. The van der Waals surface area contributed by atoms with Crippen molar-refractivity contribution in [3.63, 3.8) is 0 Å². The number of carbonyl (C=O) groups excluding carboxylic acids is 6. The van der Waals surface area contributed by atoms with Gasteiger partial charge in [0.05, 0.1) is 60.5 Å². The van der Waals surface area contributed by atoms with Gasteiger partial charge in [-0.2, -0.15) is 39.5 Å². The van der Waals surface area contributed by atoms with E-state index in [1.54, 1.807) is 66.2 Å². The zero-order valence-corrected chi connectivity index (χ0v) is 56.5. The number of allylic oxidation sites excluding steroid dienone is 3. The summed E-state index contributed by atoms with van der Waals surface area (Å²) in [5.74, 6) is -1.39. The first-order valence-corrected chi connectivity index (χ1v) is 33.1. The highest BCUT2D eigenvalue weighted by Gasteiger charge is 2.42. The van der Waals surface area contributed by atoms with Crippen molar-refractivity contribution in [2.45, 2.75) is 122 Å². The van der Waals surface area contributed by atoms with Gasteiger partial charge in [0, 0.05) is 83.0 Å². The van der Waals surface area contributed by atoms with E-state index in [0.717, 1.165) is 60.6 Å². The summed E-state index contributed by atoms with van der Waals surface area (Å²) in [6.07, 6.45) is -5.53. The Morgan fingerprint density at radius 2 is 0.980 bits per heavy atom. The molecule has 0 aromatic heterocycles. The fraction of sp³-hybridized carbons (Fsp3) is 0.351. The van der Waals surface area contributed by atoms with E-state index in [0.29, 0.717) is 125 Å². The lowest BCUT2D eigenvalue weighted by atomic mass is 9.95. The third-order valence-corrected chi connectivity index (χ3v) is 18.3. The minimum Gasteiger partial charge on any atom is -0.493 e. The van der Waals surface area contributed by atoms with Gasteiger partial charge in [-0.3, -0.25) is 28.9 Å². The van der Waals surface area contributed by atoms with Crippen LogP contribution in [0.15, 0.2) is 127 Å². The van der Waals surface area contributed by atoms with Gasteiger partial charge in [-0.1, -0.05) is 44.2 Å². The van der Waals surface area contributed by atoms with Crippen molar-refractivity contribution >= 4 is 92.1 Å². The molecule has 6 aromatic rings. The second-order valence-corrected chi connectivity index (χ2v) is 25.5. The first-order chi connectivity index (χ1) is 48.3. The molecule has 7 amide bonds. The maximum atomic E-state index is 13.1. The number of alkyl halides is 9. The summed E-state index contributed by atoms with van der Waals surface area (Å²) in [6, 6.07) is 25.2. The zero-order chi connectivity index (χ0) is 73.6. The number of nitrogens with zero attached hydrogens (tertiary/aromatic N) is 3. The second-order valence-electron chi connectivity index (χ2n) is 25.5. The van der Waals surface area contributed by atoms with E-state index in [9.17, 15) is 73.4 Å². The summed E-state index contributed by atoms with van der Waals surface area (Å²) in [7, 11) is 1.70. The number of hydrogen-bond donors (Lipinski definition) is 7. The van der Waals surface area contributed by atoms with Crippen LogP contribution >= 0.6 is 0 Å². The molecule has 6 aliphatic rings. The number of rotatable bonds is 11. The molecule has 28 heteroatoms. The number of fused-ring (bicyclic) bond motifs is 6. The van der Waals surface area contributed by atoms with Crippen molar-refractivity contribution in [2.24, 2.45) is 0 Å². The Hall–Kier alpha value is -10.4. The van der Waals surface area contributed by atoms with E-state index < -0.39 is 58.5 Å². The Balaban J connectivity index is 0.000000165. The molecule has 0 spiro atoms. The lowest BCUT2D eigenvalue weighted by molar-refractivity contribution is -0.138. The molecule has 2 unspecified atom stereocenters. The van der Waals surface area contributed by atoms with Crippen LogP contribution in [-0.2, 0) is 55.5 Å². The van der Waals surface area contributed by atoms with Gasteiger partial charge in [0.2, 0.25) is 23.6 Å². The molecule has 0 saturated carbocycles. The monoisotopic (exact) mass is 1420 g/mol. The quantitative estimate of drug-likeness (QED) is 0.0474. The minimum atomic E-state index is -4.49. The number of carbonyl (C=O) groups is 6. The minimum absolute atomic E-state index is 0.0581. The molecule has 19 nitrogen and oxygen atoms in total. The van der Waals surface area contributed by atoms with Crippen LogP contribution in [-0.4, -0.2) is 115 Å². The molecule has 540 valence electrons. The summed E-state index contributed by atoms with van der Waals surface area (Å²) >= 11 is 0. The first kappa shape index (κ1) is 74.3. The second kappa shape index (κ2) is 30.9. The number of likely N-dealkylation sites (N-methyl/N-ethyl adjacent to an activating group) is 2. The normalized spacial score (nSPS) is 19.1. The van der Waals surface area contributed by atoms with E-state index >= 15 is 0 Å². The molecule has 6 aliphatic heterocycles. The largest absolute Gasteiger partial charge is 0.493 e. The van der Waals surface area contributed by atoms with Crippen LogP contribution in [0.4, 0.5) is 84.1 Å². The van der Waals surface area contributed by atoms with Crippen molar-refractivity contribution in [2.75, 3.05) is 83.4 Å². The number of aliphatic hydroxyl groups is 1. The van der Waals surface area contributed by atoms with E-state index in [4.69, 9.17) is 14.2 Å². The number of urea groups is 1. The summed E-state index contributed by atoms with van der Waals surface area (Å²) in [5, 5.41) is 26.5. The zero-order valence-electron chi connectivity index (χ0n) is 56.5. The highest BCUT2D eigenvalue weighted by Crippen LogP contribution is 2.43. The fourth-order valence-corrected chi connectivity index (χ4v) is 12.5. The van der Waals surface area contributed by atoms with E-state index in [1.165, 1.54) is 36.4 Å². The van der Waals surface area contributed by atoms with E-state index in [1.807, 2.05) is 39.8 Å². The Bertz CT molecular complexity index is 4320. The molecule has 6 heterocycles. The van der Waals surface area contributed by atoms with E-state index in [2.05, 4.69) is 36.8 Å². The van der Waals surface area contributed by atoms with Crippen molar-refractivity contribution in [1.82, 2.24) is 9.80 Å². The van der Waals surface area contributed by atoms with Crippen LogP contribution in [0, 0.1) is 0 Å². The maximum Gasteiger partial charge on any atom is 0.416 e. The number of halogens is 9. The molecule has 0 bridgehead atoms. The Labute approximate surface area is 582 Å². The van der Waals surface area contributed by atoms with Crippen molar-refractivity contribution in [3.8, 4) is 17.2 Å². The van der Waals surface area contributed by atoms with Crippen molar-refractivity contribution < 1.29 is 87.6 Å². The molecule has 0 radical (unpaired) electrons. The van der Waals surface area contributed by atoms with Gasteiger partial charge in [-0.25, -0.2) is 4.79 Å². The fourth-order valence-electron chi connectivity index (χ4n) is 12.5. The molecule has 0 saturated heterocycles. The molecule has 0 aliphatic carbocycles. The van der Waals surface area contributed by atoms with Crippen LogP contribution in [0.25, 0.3) is 16.7 Å². The third kappa shape index (κ3) is 17.3. The van der Waals surface area contributed by atoms with Crippen LogP contribution < -0.4 is 51.0 Å². The predicted octanol–water partition coefficient (Wildman–Crippen LogP) is 14.8. The van der Waals surface area contributed by atoms with Gasteiger partial charge in [0.15, 0.2) is 0 Å². The topological polar surface area (TPSA) is 232 Å². The lowest BCUT2D eigenvalue weighted by Crippen LogP contribution is -2.58. The van der Waals surface area contributed by atoms with Gasteiger partial charge < -0.3 is 61.0 Å². The van der Waals surface area contributed by atoms with Gasteiger partial charge >= 0.3 is 24.6 Å². The van der Waals surface area contributed by atoms with Gasteiger partial charge in [0.1, 0.15) is 22.8 Å². The van der Waals surface area contributed by atoms with Crippen LogP contribution in [0.5, 0.6) is 17.2 Å². The average Bonchev–Trinajstić information content (AvgIpc) is 1.19. The third-order valence-electron chi connectivity index (χ3n) is 18.3. The molecular weight excluding hydrogens is 1350 g/mol. The van der Waals surface area contributed by atoms with Crippen molar-refractivity contribution in [1.29, 1.82) is 0 Å². The highest BCUT2D eigenvalue weighted by molar-refractivity contribution is 6.10. The number of ether oxygens (including phenoxy) is 3. The van der Waals surface area contributed by atoms with Gasteiger partial charge in [0.25, 0.3) is 5.91 Å². The predicted molar refractivity (Wildman–Crippen MR) is 369 cm³/mol. The van der Waals surface area contributed by atoms with Crippen LogP contribution in [0.1, 0.15) is 118 Å². The summed E-state index contributed by atoms with van der Waals surface area (Å²) in [4.78, 5) is 81.0. The smallest absolute Gasteiger partial charge is 0.416 e. The highest BCUT2D eigenvalue weighted by atomic mass is 19.4. The average molecular weight is 1420 g/mol. The van der Waals surface area contributed by atoms with Crippen LogP contribution in [0.3, 0.4) is 0 Å². The number of nitrogens with one attached hydrogen (secondary N) is 6. The standard InChI is InChI=1S/C26H28F3N3O3.C24H24F3N3O4.C24H24F3N3O3/c1-3-32(4-2)22-12-17-7-9-19(15-21(17)31-25(22)34)30-24(33)13-16-6-5-11-35-23-14-18(26(27,28)29)8-10-20(16)23;1-23(13-31)22(33)29-18-12-16(6-8-19(18)30(23)2)28-21(32)10-14-4-3-9-34-20-11-15(24(25,26)27)5-7-17(14)20;1-14(2)30-13-16-5-7-18(12-20(16)29-23(30)32)28-22(31)10-15-4-3-9-33-21-11-17(24(25,26)27)6-8-19(15)21/h7-10,13-15,22H,3-6,11-12H2,1-2H3,(H,30,33)(H,31,34);5-8,10-12,31H,3-4,9,13H2,1-2H3,(H,28,32)(H,29,33);5-8,10-12,14H,3-4,9,13H2,1-2H3,(H,28,31)(H,29,32)/b16-13+;14-10+;15-10+. The summed E-state index contributed by atoms with van der Waals surface area (Å²) in [5.41, 5.74) is 5.54. The summed E-state index contributed by atoms with van der Waals surface area (Å²) < 4.78 is 134. The molecule has 6 aromatic carbocycles. The van der Waals surface area contributed by atoms with Crippen molar-refractivity contribution in [3.05, 3.63) is 172 Å². The molecule has 2 atom stereocenters. The van der Waals surface area contributed by atoms with Gasteiger partial charge in [-0.05, 0) is 186 Å². The number of benzene rings is 6. The number of hydrogen-bond acceptors (Lipinski definition) is 12. The lowest BCUT2D eigenvalue weighted by Gasteiger charge is -2.42.